The quantitative estimate of drug-likeness (QED) is 0.830. The molecule has 0 radical (unpaired) electrons. The Balaban J connectivity index is 1.89. The highest BCUT2D eigenvalue weighted by Crippen LogP contribution is 2.25. The van der Waals surface area contributed by atoms with E-state index in [9.17, 15) is 4.79 Å². The van der Waals surface area contributed by atoms with Gasteiger partial charge in [0.25, 0.3) is 0 Å². The van der Waals surface area contributed by atoms with Crippen LogP contribution >= 0.6 is 0 Å². The maximum Gasteiger partial charge on any atom is 0.238 e. The number of aliphatic hydroxyl groups excluding tert-OH is 1. The van der Waals surface area contributed by atoms with Crippen LogP contribution in [0.3, 0.4) is 0 Å². The Kier molecular flexibility index (Phi) is 6.03. The van der Waals surface area contributed by atoms with Gasteiger partial charge in [0.05, 0.1) is 20.8 Å². The van der Waals surface area contributed by atoms with Gasteiger partial charge in [-0.25, -0.2) is 0 Å². The van der Waals surface area contributed by atoms with Crippen LogP contribution in [0, 0.1) is 5.92 Å². The van der Waals surface area contributed by atoms with Gasteiger partial charge in [-0.2, -0.15) is 0 Å². The number of piperidine rings is 1. The van der Waals surface area contributed by atoms with Gasteiger partial charge in [0.2, 0.25) is 5.91 Å². The number of aliphatic hydroxyl groups is 1. The molecule has 22 heavy (non-hydrogen) atoms. The highest BCUT2D eigenvalue weighted by molar-refractivity contribution is 5.92. The second-order valence-electron chi connectivity index (χ2n) is 5.55. The fourth-order valence-electron chi connectivity index (χ4n) is 2.61. The summed E-state index contributed by atoms with van der Waals surface area (Å²) >= 11 is 0. The van der Waals surface area contributed by atoms with E-state index in [4.69, 9.17) is 14.6 Å². The standard InChI is InChI=1S/C16H24N2O4/c1-21-14-7-13(8-15(9-14)22-2)17-16(20)10-18-5-3-12(11-19)4-6-18/h7-9,12,19H,3-6,10-11H2,1-2H3,(H,17,20). The maximum absolute atomic E-state index is 12.1. The molecule has 1 aromatic rings. The molecular weight excluding hydrogens is 284 g/mol. The molecule has 1 fully saturated rings. The van der Waals surface area contributed by atoms with Crippen LogP contribution in [0.25, 0.3) is 0 Å². The first-order chi connectivity index (χ1) is 10.6. The molecule has 0 saturated carbocycles. The molecule has 1 amide bonds. The predicted molar refractivity (Wildman–Crippen MR) is 84.4 cm³/mol. The number of hydrogen-bond donors (Lipinski definition) is 2. The maximum atomic E-state index is 12.1. The number of nitrogens with zero attached hydrogens (tertiary/aromatic N) is 1. The number of nitrogens with one attached hydrogen (secondary N) is 1. The van der Waals surface area contributed by atoms with Gasteiger partial charge in [-0.3, -0.25) is 9.69 Å². The number of amides is 1. The zero-order valence-electron chi connectivity index (χ0n) is 13.2. The molecule has 2 rings (SSSR count). The Labute approximate surface area is 131 Å². The summed E-state index contributed by atoms with van der Waals surface area (Å²) in [7, 11) is 3.15. The van der Waals surface area contributed by atoms with Crippen LogP contribution in [0.5, 0.6) is 11.5 Å². The van der Waals surface area contributed by atoms with E-state index in [1.165, 1.54) is 0 Å². The predicted octanol–water partition coefficient (Wildman–Crippen LogP) is 1.35. The van der Waals surface area contributed by atoms with Crippen molar-refractivity contribution in [2.24, 2.45) is 5.92 Å². The van der Waals surface area contributed by atoms with Crippen molar-refractivity contribution in [3.05, 3.63) is 18.2 Å². The highest BCUT2D eigenvalue weighted by Gasteiger charge is 2.20. The zero-order chi connectivity index (χ0) is 15.9. The molecule has 122 valence electrons. The number of carbonyl (C=O) groups is 1. The van der Waals surface area contributed by atoms with Crippen LogP contribution in [0.4, 0.5) is 5.69 Å². The summed E-state index contributed by atoms with van der Waals surface area (Å²) in [6.45, 7) is 2.29. The Morgan fingerprint density at radius 3 is 2.32 bits per heavy atom. The fraction of sp³-hybridized carbons (Fsp3) is 0.562. The lowest BCUT2D eigenvalue weighted by Gasteiger charge is -2.30. The Morgan fingerprint density at radius 2 is 1.82 bits per heavy atom. The van der Waals surface area contributed by atoms with Crippen molar-refractivity contribution in [1.29, 1.82) is 0 Å². The van der Waals surface area contributed by atoms with Gasteiger partial charge in [0, 0.05) is 30.5 Å². The van der Waals surface area contributed by atoms with Gasteiger partial charge >= 0.3 is 0 Å². The summed E-state index contributed by atoms with van der Waals surface area (Å²) in [5.41, 5.74) is 0.659. The first-order valence-corrected chi connectivity index (χ1v) is 7.50. The van der Waals surface area contributed by atoms with E-state index < -0.39 is 0 Å². The van der Waals surface area contributed by atoms with Crippen LogP contribution in [0.1, 0.15) is 12.8 Å². The summed E-state index contributed by atoms with van der Waals surface area (Å²) < 4.78 is 10.4. The van der Waals surface area contributed by atoms with Crippen molar-refractivity contribution in [2.45, 2.75) is 12.8 Å². The van der Waals surface area contributed by atoms with Gasteiger partial charge < -0.3 is 19.9 Å². The molecule has 0 spiro atoms. The third-order valence-electron chi connectivity index (χ3n) is 3.97. The molecule has 1 heterocycles. The molecule has 0 bridgehead atoms. The van der Waals surface area contributed by atoms with Crippen LogP contribution < -0.4 is 14.8 Å². The van der Waals surface area contributed by atoms with Gasteiger partial charge in [0.15, 0.2) is 0 Å². The SMILES string of the molecule is COc1cc(NC(=O)CN2CCC(CO)CC2)cc(OC)c1. The Hall–Kier alpha value is -1.79. The number of rotatable bonds is 6. The van der Waals surface area contributed by atoms with Crippen LogP contribution in [-0.4, -0.2) is 56.4 Å². The molecule has 1 aromatic carbocycles. The fourth-order valence-corrected chi connectivity index (χ4v) is 2.61. The molecule has 1 saturated heterocycles. The minimum absolute atomic E-state index is 0.0576. The van der Waals surface area contributed by atoms with E-state index in [0.717, 1.165) is 25.9 Å². The van der Waals surface area contributed by atoms with Crippen LogP contribution in [-0.2, 0) is 4.79 Å². The van der Waals surface area contributed by atoms with Crippen LogP contribution in [0.15, 0.2) is 18.2 Å². The van der Waals surface area contributed by atoms with Crippen LogP contribution in [0.2, 0.25) is 0 Å². The molecule has 0 atom stereocenters. The van der Waals surface area contributed by atoms with Crippen molar-refractivity contribution >= 4 is 11.6 Å². The second-order valence-corrected chi connectivity index (χ2v) is 5.55. The molecule has 6 nitrogen and oxygen atoms in total. The summed E-state index contributed by atoms with van der Waals surface area (Å²) in [5.74, 6) is 1.59. The number of ether oxygens (including phenoxy) is 2. The molecule has 0 aliphatic carbocycles. The van der Waals surface area contributed by atoms with Crippen molar-refractivity contribution in [1.82, 2.24) is 4.90 Å². The monoisotopic (exact) mass is 308 g/mol. The van der Waals surface area contributed by atoms with Gasteiger partial charge in [-0.1, -0.05) is 0 Å². The lowest BCUT2D eigenvalue weighted by molar-refractivity contribution is -0.117. The number of methoxy groups -OCH3 is 2. The zero-order valence-corrected chi connectivity index (χ0v) is 13.2. The Morgan fingerprint density at radius 1 is 1.23 bits per heavy atom. The third-order valence-corrected chi connectivity index (χ3v) is 3.97. The van der Waals surface area contributed by atoms with Gasteiger partial charge in [0.1, 0.15) is 11.5 Å². The first-order valence-electron chi connectivity index (χ1n) is 7.50. The number of likely N-dealkylation sites (tertiary alicyclic amines) is 1. The Bertz CT molecular complexity index is 477. The molecule has 2 N–H and O–H groups in total. The van der Waals surface area contributed by atoms with Gasteiger partial charge in [-0.15, -0.1) is 0 Å². The highest BCUT2D eigenvalue weighted by atomic mass is 16.5. The summed E-state index contributed by atoms with van der Waals surface area (Å²) in [5, 5.41) is 12.0. The van der Waals surface area contributed by atoms with E-state index in [1.54, 1.807) is 32.4 Å². The summed E-state index contributed by atoms with van der Waals surface area (Å²) in [6, 6.07) is 5.28. The van der Waals surface area contributed by atoms with Crippen molar-refractivity contribution in [3.8, 4) is 11.5 Å². The topological polar surface area (TPSA) is 71.0 Å². The lowest BCUT2D eigenvalue weighted by atomic mass is 9.98. The molecule has 0 aromatic heterocycles. The van der Waals surface area contributed by atoms with E-state index in [1.807, 2.05) is 0 Å². The first kappa shape index (κ1) is 16.6. The summed E-state index contributed by atoms with van der Waals surface area (Å²) in [4.78, 5) is 14.3. The van der Waals surface area contributed by atoms with Gasteiger partial charge in [-0.05, 0) is 31.8 Å². The normalized spacial score (nSPS) is 16.3. The summed E-state index contributed by atoms with van der Waals surface area (Å²) in [6.07, 6.45) is 1.88. The second kappa shape index (κ2) is 8.00. The van der Waals surface area contributed by atoms with E-state index in [0.29, 0.717) is 29.6 Å². The number of benzene rings is 1. The van der Waals surface area contributed by atoms with E-state index in [-0.39, 0.29) is 12.5 Å². The molecule has 1 aliphatic rings. The largest absolute Gasteiger partial charge is 0.497 e. The molecule has 1 aliphatic heterocycles. The van der Waals surface area contributed by atoms with E-state index >= 15 is 0 Å². The molecular formula is C16H24N2O4. The third kappa shape index (κ3) is 4.61. The number of anilines is 1. The number of hydrogen-bond acceptors (Lipinski definition) is 5. The van der Waals surface area contributed by atoms with E-state index in [2.05, 4.69) is 10.2 Å². The lowest BCUT2D eigenvalue weighted by Crippen LogP contribution is -2.39. The number of carbonyl (C=O) groups excluding carboxylic acids is 1. The van der Waals surface area contributed by atoms with Crippen molar-refractivity contribution in [2.75, 3.05) is 45.8 Å². The van der Waals surface area contributed by atoms with Crippen molar-refractivity contribution in [3.63, 3.8) is 0 Å². The molecule has 0 unspecified atom stereocenters. The minimum atomic E-state index is -0.0576. The average Bonchev–Trinajstić information content (AvgIpc) is 2.55. The molecule has 6 heteroatoms. The minimum Gasteiger partial charge on any atom is -0.497 e. The smallest absolute Gasteiger partial charge is 0.238 e. The average molecular weight is 308 g/mol. The van der Waals surface area contributed by atoms with Crippen molar-refractivity contribution < 1.29 is 19.4 Å².